The molecule has 5 rings (SSSR count). The van der Waals surface area contributed by atoms with Gasteiger partial charge >= 0.3 is 0 Å². The lowest BCUT2D eigenvalue weighted by atomic mass is 9.86. The second-order valence-corrected chi connectivity index (χ2v) is 11.5. The van der Waals surface area contributed by atoms with E-state index >= 15 is 0 Å². The largest absolute Gasteiger partial charge is 0.497 e. The average Bonchev–Trinajstić information content (AvgIpc) is 3.07. The smallest absolute Gasteiger partial charge is 0.259 e. The predicted octanol–water partition coefficient (Wildman–Crippen LogP) is 6.40. The maximum absolute atomic E-state index is 13.7. The van der Waals surface area contributed by atoms with Crippen LogP contribution in [0.4, 0.5) is 5.69 Å². The van der Waals surface area contributed by atoms with Crippen molar-refractivity contribution in [3.8, 4) is 22.6 Å². The molecule has 8 heteroatoms. The van der Waals surface area contributed by atoms with E-state index < -0.39 is 0 Å². The molecule has 4 aromatic rings. The molecule has 0 heterocycles. The molecule has 0 aromatic heterocycles. The molecule has 0 fully saturated rings. The number of rotatable bonds is 9. The Kier molecular flexibility index (Phi) is 9.52. The molecule has 0 bridgehead atoms. The van der Waals surface area contributed by atoms with Gasteiger partial charge in [0.1, 0.15) is 11.5 Å². The number of likely N-dealkylation sites (N-methyl/N-ethyl adjacent to an activating group) is 1. The molecule has 1 N–H and O–H groups in total. The van der Waals surface area contributed by atoms with Crippen molar-refractivity contribution in [1.82, 2.24) is 9.80 Å². The van der Waals surface area contributed by atoms with Gasteiger partial charge in [-0.05, 0) is 95.6 Å². The maximum atomic E-state index is 13.7. The number of aryl methyl sites for hydroxylation is 1. The number of methoxy groups -OCH3 is 2. The minimum atomic E-state index is -0.316. The Bertz CT molecular complexity index is 1730. The number of amides is 3. The third kappa shape index (κ3) is 7.01. The Hall–Kier alpha value is -5.11. The first-order valence-electron chi connectivity index (χ1n) is 15.0. The van der Waals surface area contributed by atoms with Gasteiger partial charge in [-0.2, -0.15) is 0 Å². The van der Waals surface area contributed by atoms with Crippen molar-refractivity contribution in [3.05, 3.63) is 113 Å². The first kappa shape index (κ1) is 31.3. The maximum Gasteiger partial charge on any atom is 0.259 e. The fourth-order valence-corrected chi connectivity index (χ4v) is 5.86. The van der Waals surface area contributed by atoms with Crippen LogP contribution in [0.2, 0.25) is 0 Å². The van der Waals surface area contributed by atoms with Crippen molar-refractivity contribution in [3.63, 3.8) is 0 Å². The highest BCUT2D eigenvalue weighted by Crippen LogP contribution is 2.36. The molecule has 0 spiro atoms. The number of nitrogens with zero attached hydrogens (tertiary/aromatic N) is 2. The molecule has 0 aliphatic heterocycles. The Morgan fingerprint density at radius 1 is 0.844 bits per heavy atom. The highest BCUT2D eigenvalue weighted by molar-refractivity contribution is 6.07. The first-order valence-corrected chi connectivity index (χ1v) is 15.0. The highest BCUT2D eigenvalue weighted by Gasteiger charge is 2.27. The van der Waals surface area contributed by atoms with Crippen molar-refractivity contribution >= 4 is 23.4 Å². The molecule has 45 heavy (non-hydrogen) atoms. The van der Waals surface area contributed by atoms with Crippen LogP contribution in [0.5, 0.6) is 11.5 Å². The summed E-state index contributed by atoms with van der Waals surface area (Å²) in [5, 5.41) is 3.05. The zero-order chi connectivity index (χ0) is 32.1. The van der Waals surface area contributed by atoms with Crippen LogP contribution in [0.15, 0.2) is 84.9 Å². The van der Waals surface area contributed by atoms with E-state index in [2.05, 4.69) is 5.32 Å². The molecule has 0 radical (unpaired) electrons. The molecule has 0 saturated heterocycles. The Morgan fingerprint density at radius 3 is 2.38 bits per heavy atom. The summed E-state index contributed by atoms with van der Waals surface area (Å²) in [6.45, 7) is 0. The van der Waals surface area contributed by atoms with E-state index in [-0.39, 0.29) is 30.2 Å². The SMILES string of the molecule is COc1cccc(CC(=O)N(C)C2CCCc3ccc(NC(=O)c4cc(-c5cccc(C(=O)N(C)C)c5)ccc4OC)cc32)c1. The third-order valence-corrected chi connectivity index (χ3v) is 8.33. The summed E-state index contributed by atoms with van der Waals surface area (Å²) in [7, 11) is 8.43. The van der Waals surface area contributed by atoms with Crippen molar-refractivity contribution in [2.45, 2.75) is 31.7 Å². The normalized spacial score (nSPS) is 13.8. The number of hydrogen-bond donors (Lipinski definition) is 1. The van der Waals surface area contributed by atoms with Gasteiger partial charge in [0.25, 0.3) is 11.8 Å². The topological polar surface area (TPSA) is 88.2 Å². The second kappa shape index (κ2) is 13.7. The number of anilines is 1. The van der Waals surface area contributed by atoms with Crippen molar-refractivity contribution in [2.24, 2.45) is 0 Å². The monoisotopic (exact) mass is 605 g/mol. The molecular weight excluding hydrogens is 566 g/mol. The Morgan fingerprint density at radius 2 is 1.62 bits per heavy atom. The molecule has 1 aliphatic rings. The number of carbonyl (C=O) groups excluding carboxylic acids is 3. The van der Waals surface area contributed by atoms with Gasteiger partial charge in [0.05, 0.1) is 32.2 Å². The molecule has 3 amide bonds. The summed E-state index contributed by atoms with van der Waals surface area (Å²) in [6, 6.07) is 26.1. The number of hydrogen-bond acceptors (Lipinski definition) is 5. The van der Waals surface area contributed by atoms with Crippen LogP contribution < -0.4 is 14.8 Å². The Balaban J connectivity index is 1.37. The van der Waals surface area contributed by atoms with E-state index in [1.54, 1.807) is 39.4 Å². The summed E-state index contributed by atoms with van der Waals surface area (Å²) in [4.78, 5) is 42.9. The van der Waals surface area contributed by atoms with E-state index in [1.165, 1.54) is 17.6 Å². The summed E-state index contributed by atoms with van der Waals surface area (Å²) in [5.74, 6) is 0.774. The molecule has 1 atom stereocenters. The standard InChI is InChI=1S/C37H39N3O5/c1-39(2)37(43)28-12-7-11-26(21-28)27-16-18-34(45-5)32(22-27)36(42)38-29-17-15-25-10-8-14-33(31(25)23-29)40(3)35(41)20-24-9-6-13-30(19-24)44-4/h6-7,9,11-13,15-19,21-23,33H,8,10,14,20H2,1-5H3,(H,38,42). The van der Waals surface area contributed by atoms with Crippen LogP contribution in [0.1, 0.15) is 56.3 Å². The van der Waals surface area contributed by atoms with E-state index in [1.807, 2.05) is 78.7 Å². The first-order chi connectivity index (χ1) is 21.7. The lowest BCUT2D eigenvalue weighted by molar-refractivity contribution is -0.131. The Labute approximate surface area is 264 Å². The van der Waals surface area contributed by atoms with Gasteiger partial charge in [-0.1, -0.05) is 36.4 Å². The number of ether oxygens (including phenoxy) is 2. The van der Waals surface area contributed by atoms with E-state index in [0.717, 1.165) is 47.3 Å². The van der Waals surface area contributed by atoms with E-state index in [0.29, 0.717) is 22.6 Å². The summed E-state index contributed by atoms with van der Waals surface area (Å²) >= 11 is 0. The van der Waals surface area contributed by atoms with Crippen molar-refractivity contribution in [1.29, 1.82) is 0 Å². The zero-order valence-corrected chi connectivity index (χ0v) is 26.4. The molecule has 4 aromatic carbocycles. The number of nitrogens with one attached hydrogen (secondary N) is 1. The molecule has 1 unspecified atom stereocenters. The van der Waals surface area contributed by atoms with Gasteiger partial charge in [0.2, 0.25) is 5.91 Å². The fraction of sp³-hybridized carbons (Fsp3) is 0.270. The van der Waals surface area contributed by atoms with E-state index in [4.69, 9.17) is 9.47 Å². The average molecular weight is 606 g/mol. The highest BCUT2D eigenvalue weighted by atomic mass is 16.5. The van der Waals surface area contributed by atoms with Gasteiger partial charge in [0, 0.05) is 32.4 Å². The van der Waals surface area contributed by atoms with Gasteiger partial charge in [0.15, 0.2) is 0 Å². The van der Waals surface area contributed by atoms with Gasteiger partial charge in [-0.15, -0.1) is 0 Å². The summed E-state index contributed by atoms with van der Waals surface area (Å²) in [6.07, 6.45) is 3.02. The molecule has 0 saturated carbocycles. The number of benzene rings is 4. The summed E-state index contributed by atoms with van der Waals surface area (Å²) < 4.78 is 10.9. The van der Waals surface area contributed by atoms with Crippen LogP contribution in [-0.4, -0.2) is 62.9 Å². The fourth-order valence-electron chi connectivity index (χ4n) is 5.86. The summed E-state index contributed by atoms with van der Waals surface area (Å²) in [5.41, 5.74) is 6.31. The lowest BCUT2D eigenvalue weighted by Crippen LogP contribution is -2.34. The van der Waals surface area contributed by atoms with Gasteiger partial charge < -0.3 is 24.6 Å². The molecule has 232 valence electrons. The zero-order valence-electron chi connectivity index (χ0n) is 26.4. The quantitative estimate of drug-likeness (QED) is 0.239. The minimum Gasteiger partial charge on any atom is -0.497 e. The third-order valence-electron chi connectivity index (χ3n) is 8.33. The number of fused-ring (bicyclic) bond motifs is 1. The van der Waals surface area contributed by atoms with Crippen LogP contribution in [-0.2, 0) is 17.6 Å². The molecular formula is C37H39N3O5. The van der Waals surface area contributed by atoms with Crippen molar-refractivity contribution in [2.75, 3.05) is 40.7 Å². The van der Waals surface area contributed by atoms with Crippen molar-refractivity contribution < 1.29 is 23.9 Å². The van der Waals surface area contributed by atoms with Gasteiger partial charge in [-0.25, -0.2) is 0 Å². The van der Waals surface area contributed by atoms with E-state index in [9.17, 15) is 14.4 Å². The van der Waals surface area contributed by atoms with Crippen LogP contribution >= 0.6 is 0 Å². The predicted molar refractivity (Wildman–Crippen MR) is 176 cm³/mol. The van der Waals surface area contributed by atoms with Gasteiger partial charge in [-0.3, -0.25) is 14.4 Å². The molecule has 8 nitrogen and oxygen atoms in total. The second-order valence-electron chi connectivity index (χ2n) is 11.5. The minimum absolute atomic E-state index is 0.0217. The number of carbonyl (C=O) groups is 3. The molecule has 1 aliphatic carbocycles. The van der Waals surface area contributed by atoms with Crippen LogP contribution in [0.25, 0.3) is 11.1 Å². The van der Waals surface area contributed by atoms with Crippen LogP contribution in [0.3, 0.4) is 0 Å². The lowest BCUT2D eigenvalue weighted by Gasteiger charge is -2.34. The van der Waals surface area contributed by atoms with Crippen LogP contribution in [0, 0.1) is 0 Å².